The number of anilines is 2. The van der Waals surface area contributed by atoms with E-state index in [9.17, 15) is 13.2 Å². The molecule has 2 N–H and O–H groups in total. The van der Waals surface area contributed by atoms with Crippen molar-refractivity contribution in [3.05, 3.63) is 30.3 Å². The van der Waals surface area contributed by atoms with E-state index in [1.54, 1.807) is 31.2 Å². The Morgan fingerprint density at radius 2 is 2.03 bits per heavy atom. The fourth-order valence-electron chi connectivity index (χ4n) is 2.68. The molecule has 0 bridgehead atoms. The molecule has 0 atom stereocenters. The Morgan fingerprint density at radius 1 is 1.21 bits per heavy atom. The largest absolute Gasteiger partial charge is 0.494 e. The van der Waals surface area contributed by atoms with Gasteiger partial charge in [0.2, 0.25) is 5.91 Å². The number of rotatable bonds is 6. The third kappa shape index (κ3) is 3.73. The van der Waals surface area contributed by atoms with Gasteiger partial charge in [0.15, 0.2) is 5.13 Å². The molecule has 4 rings (SSSR count). The summed E-state index contributed by atoms with van der Waals surface area (Å²) in [4.78, 5) is 16.0. The van der Waals surface area contributed by atoms with Gasteiger partial charge in [-0.25, -0.2) is 13.4 Å². The predicted molar refractivity (Wildman–Crippen MR) is 113 cm³/mol. The van der Waals surface area contributed by atoms with Gasteiger partial charge in [-0.2, -0.15) is 8.75 Å². The van der Waals surface area contributed by atoms with E-state index in [1.165, 1.54) is 24.5 Å². The number of fused-ring (bicyclic) bond motifs is 2. The fourth-order valence-corrected chi connectivity index (χ4v) is 5.43. The minimum Gasteiger partial charge on any atom is -0.494 e. The van der Waals surface area contributed by atoms with E-state index in [-0.39, 0.29) is 10.8 Å². The van der Waals surface area contributed by atoms with Crippen LogP contribution in [-0.2, 0) is 14.8 Å². The van der Waals surface area contributed by atoms with Crippen LogP contribution in [0.25, 0.3) is 21.3 Å². The van der Waals surface area contributed by atoms with Gasteiger partial charge in [-0.1, -0.05) is 24.3 Å². The van der Waals surface area contributed by atoms with Gasteiger partial charge in [0.1, 0.15) is 27.2 Å². The van der Waals surface area contributed by atoms with Gasteiger partial charge in [-0.3, -0.25) is 9.52 Å². The van der Waals surface area contributed by atoms with Crippen molar-refractivity contribution in [2.45, 2.75) is 18.2 Å². The summed E-state index contributed by atoms with van der Waals surface area (Å²) in [5.41, 5.74) is 1.69. The summed E-state index contributed by atoms with van der Waals surface area (Å²) < 4.78 is 42.7. The number of ether oxygens (including phenoxy) is 1. The standard InChI is InChI=1S/C17H15N5O4S3/c1-3-14(23)18-17-19-16-11(26-2)7-9(8-12(16)27-17)22-29(24,25)13-6-4-5-10-15(13)21-28-20-10/h4-8,22H,3H2,1-2H3,(H,18,19,23). The molecule has 9 nitrogen and oxygen atoms in total. The smallest absolute Gasteiger partial charge is 0.264 e. The van der Waals surface area contributed by atoms with E-state index in [0.717, 1.165) is 11.7 Å². The minimum absolute atomic E-state index is 0.0445. The van der Waals surface area contributed by atoms with Gasteiger partial charge < -0.3 is 10.1 Å². The number of nitrogens with zero attached hydrogens (tertiary/aromatic N) is 3. The van der Waals surface area contributed by atoms with E-state index < -0.39 is 10.0 Å². The number of carbonyl (C=O) groups excluding carboxylic acids is 1. The number of sulfonamides is 1. The molecule has 1 amide bonds. The Morgan fingerprint density at radius 3 is 2.79 bits per heavy atom. The third-order valence-electron chi connectivity index (χ3n) is 4.04. The van der Waals surface area contributed by atoms with E-state index >= 15 is 0 Å². The molecule has 2 heterocycles. The summed E-state index contributed by atoms with van der Waals surface area (Å²) >= 11 is 2.19. The molecular formula is C17H15N5O4S3. The molecule has 2 aromatic heterocycles. The van der Waals surface area contributed by atoms with Crippen molar-refractivity contribution in [3.8, 4) is 5.75 Å². The molecule has 0 unspecified atom stereocenters. The number of aromatic nitrogens is 3. The number of amides is 1. The fraction of sp³-hybridized carbons (Fsp3) is 0.176. The van der Waals surface area contributed by atoms with Gasteiger partial charge >= 0.3 is 0 Å². The normalized spacial score (nSPS) is 11.7. The van der Waals surface area contributed by atoms with Crippen LogP contribution in [0.1, 0.15) is 13.3 Å². The van der Waals surface area contributed by atoms with Gasteiger partial charge in [0, 0.05) is 12.5 Å². The number of hydrogen-bond acceptors (Lipinski definition) is 9. The first kappa shape index (κ1) is 19.5. The average Bonchev–Trinajstić information content (AvgIpc) is 3.32. The van der Waals surface area contributed by atoms with Gasteiger partial charge in [0.05, 0.1) is 29.2 Å². The molecule has 0 aliphatic carbocycles. The van der Waals surface area contributed by atoms with Crippen LogP contribution in [0.4, 0.5) is 10.8 Å². The Bertz CT molecular complexity index is 1330. The van der Waals surface area contributed by atoms with Crippen LogP contribution in [0.3, 0.4) is 0 Å². The molecular weight excluding hydrogens is 434 g/mol. The first-order valence-electron chi connectivity index (χ1n) is 8.44. The van der Waals surface area contributed by atoms with Crippen molar-refractivity contribution >= 4 is 71.1 Å². The Kier molecular flexibility index (Phi) is 5.06. The zero-order valence-electron chi connectivity index (χ0n) is 15.3. The van der Waals surface area contributed by atoms with Crippen LogP contribution in [0.5, 0.6) is 5.75 Å². The molecule has 2 aromatic carbocycles. The molecule has 29 heavy (non-hydrogen) atoms. The van der Waals surface area contributed by atoms with Crippen molar-refractivity contribution in [1.82, 2.24) is 13.7 Å². The predicted octanol–water partition coefficient (Wildman–Crippen LogP) is 3.46. The van der Waals surface area contributed by atoms with Crippen LogP contribution in [0, 0.1) is 0 Å². The van der Waals surface area contributed by atoms with E-state index in [0.29, 0.717) is 44.2 Å². The van der Waals surface area contributed by atoms with E-state index in [1.807, 2.05) is 0 Å². The number of thiazole rings is 1. The highest BCUT2D eigenvalue weighted by atomic mass is 32.2. The monoisotopic (exact) mass is 449 g/mol. The zero-order chi connectivity index (χ0) is 20.6. The molecule has 150 valence electrons. The molecule has 0 aliphatic heterocycles. The Labute approximate surface area is 174 Å². The lowest BCUT2D eigenvalue weighted by molar-refractivity contribution is -0.115. The summed E-state index contributed by atoms with van der Waals surface area (Å²) in [7, 11) is -2.44. The summed E-state index contributed by atoms with van der Waals surface area (Å²) in [6, 6.07) is 8.00. The first-order chi connectivity index (χ1) is 13.9. The molecule has 0 radical (unpaired) electrons. The topological polar surface area (TPSA) is 123 Å². The molecule has 0 fully saturated rings. The maximum absolute atomic E-state index is 13.0. The van der Waals surface area contributed by atoms with Crippen LogP contribution in [0.15, 0.2) is 35.2 Å². The maximum Gasteiger partial charge on any atom is 0.264 e. The number of carbonyl (C=O) groups is 1. The molecule has 0 saturated carbocycles. The average molecular weight is 450 g/mol. The summed E-state index contributed by atoms with van der Waals surface area (Å²) in [6.45, 7) is 1.74. The lowest BCUT2D eigenvalue weighted by Gasteiger charge is -2.10. The van der Waals surface area contributed by atoms with E-state index in [4.69, 9.17) is 4.74 Å². The molecule has 0 saturated heterocycles. The van der Waals surface area contributed by atoms with Crippen molar-refractivity contribution in [2.24, 2.45) is 0 Å². The maximum atomic E-state index is 13.0. The second-order valence-corrected chi connectivity index (χ2v) is 9.15. The summed E-state index contributed by atoms with van der Waals surface area (Å²) in [5.74, 6) is 0.232. The van der Waals surface area contributed by atoms with Gasteiger partial charge in [-0.05, 0) is 18.2 Å². The van der Waals surface area contributed by atoms with Gasteiger partial charge in [-0.15, -0.1) is 0 Å². The lowest BCUT2D eigenvalue weighted by atomic mass is 10.3. The second-order valence-electron chi connectivity index (χ2n) is 5.94. The first-order valence-corrected chi connectivity index (χ1v) is 11.5. The van der Waals surface area contributed by atoms with E-state index in [2.05, 4.69) is 23.8 Å². The highest BCUT2D eigenvalue weighted by molar-refractivity contribution is 7.93. The van der Waals surface area contributed by atoms with Gasteiger partial charge in [0.25, 0.3) is 10.0 Å². The van der Waals surface area contributed by atoms with Crippen LogP contribution in [0.2, 0.25) is 0 Å². The van der Waals surface area contributed by atoms with Crippen molar-refractivity contribution in [2.75, 3.05) is 17.1 Å². The zero-order valence-corrected chi connectivity index (χ0v) is 17.7. The number of methoxy groups -OCH3 is 1. The molecule has 4 aromatic rings. The number of nitrogens with one attached hydrogen (secondary N) is 2. The number of benzene rings is 2. The van der Waals surface area contributed by atoms with Crippen LogP contribution in [-0.4, -0.2) is 35.2 Å². The number of hydrogen-bond donors (Lipinski definition) is 2. The third-order valence-corrected chi connectivity index (χ3v) is 6.91. The molecule has 0 spiro atoms. The highest BCUT2D eigenvalue weighted by Crippen LogP contribution is 2.36. The minimum atomic E-state index is -3.91. The van der Waals surface area contributed by atoms with Crippen molar-refractivity contribution in [3.63, 3.8) is 0 Å². The van der Waals surface area contributed by atoms with Crippen LogP contribution >= 0.6 is 23.1 Å². The Balaban J connectivity index is 1.73. The molecule has 0 aliphatic rings. The van der Waals surface area contributed by atoms with Crippen LogP contribution < -0.4 is 14.8 Å². The second kappa shape index (κ2) is 7.54. The van der Waals surface area contributed by atoms with Crippen molar-refractivity contribution < 1.29 is 17.9 Å². The van der Waals surface area contributed by atoms with Crippen molar-refractivity contribution in [1.29, 1.82) is 0 Å². The summed E-state index contributed by atoms with van der Waals surface area (Å²) in [5, 5.41) is 3.12. The molecule has 12 heteroatoms. The lowest BCUT2D eigenvalue weighted by Crippen LogP contribution is -2.13. The Hall–Kier alpha value is -2.83. The highest BCUT2D eigenvalue weighted by Gasteiger charge is 2.21. The SMILES string of the molecule is CCC(=O)Nc1nc2c(OC)cc(NS(=O)(=O)c3cccc4nsnc34)cc2s1. The summed E-state index contributed by atoms with van der Waals surface area (Å²) in [6.07, 6.45) is 0.329. The quantitative estimate of drug-likeness (QED) is 0.462.